The molecule has 1 saturated heterocycles. The predicted octanol–water partition coefficient (Wildman–Crippen LogP) is 4.45. The van der Waals surface area contributed by atoms with Crippen LogP contribution in [0, 0.1) is 11.3 Å². The van der Waals surface area contributed by atoms with Crippen LogP contribution in [-0.4, -0.2) is 41.5 Å². The molecule has 0 spiro atoms. The zero-order chi connectivity index (χ0) is 22.0. The maximum absolute atomic E-state index is 12.6. The molecular weight excluding hydrogens is 396 g/mol. The Bertz CT molecular complexity index is 676. The molecule has 1 aromatic rings. The molecule has 1 fully saturated rings. The predicted molar refractivity (Wildman–Crippen MR) is 126 cm³/mol. The largest absolute Gasteiger partial charge is 0.396 e. The molecule has 0 aliphatic carbocycles. The van der Waals surface area contributed by atoms with Gasteiger partial charge in [0.15, 0.2) is 5.11 Å². The van der Waals surface area contributed by atoms with E-state index in [1.807, 2.05) is 18.2 Å². The Labute approximate surface area is 187 Å². The summed E-state index contributed by atoms with van der Waals surface area (Å²) in [6, 6.07) is 9.06. The molecule has 2 atom stereocenters. The summed E-state index contributed by atoms with van der Waals surface area (Å²) >= 11 is 5.60. The van der Waals surface area contributed by atoms with E-state index < -0.39 is 5.54 Å². The van der Waals surface area contributed by atoms with Crippen LogP contribution in [0.25, 0.3) is 0 Å². The number of carbonyl (C=O) groups excluding carboxylic acids is 1. The van der Waals surface area contributed by atoms with E-state index in [1.165, 1.54) is 0 Å². The van der Waals surface area contributed by atoms with Gasteiger partial charge < -0.3 is 15.2 Å². The summed E-state index contributed by atoms with van der Waals surface area (Å²) in [5.74, 6) is 0.0609. The first-order valence-corrected chi connectivity index (χ1v) is 11.7. The number of aliphatic hydroxyl groups is 1. The van der Waals surface area contributed by atoms with E-state index in [0.29, 0.717) is 29.8 Å². The summed E-state index contributed by atoms with van der Waals surface area (Å²) in [5, 5.41) is 17.1. The van der Waals surface area contributed by atoms with E-state index in [2.05, 4.69) is 31.4 Å². The van der Waals surface area contributed by atoms with Gasteiger partial charge in [0, 0.05) is 17.6 Å². The Morgan fingerprint density at radius 3 is 2.40 bits per heavy atom. The van der Waals surface area contributed by atoms with Crippen molar-refractivity contribution in [1.82, 2.24) is 10.6 Å². The monoisotopic (exact) mass is 434 g/mol. The molecule has 1 heterocycles. The number of hydrogen-bond donors (Lipinski definition) is 3. The van der Waals surface area contributed by atoms with Crippen LogP contribution in [0.2, 0.25) is 0 Å². The van der Waals surface area contributed by atoms with Crippen molar-refractivity contribution in [3.63, 3.8) is 0 Å². The fourth-order valence-electron chi connectivity index (χ4n) is 4.58. The number of hydrogen-bond acceptors (Lipinski definition) is 4. The lowest BCUT2D eigenvalue weighted by Crippen LogP contribution is -2.70. The summed E-state index contributed by atoms with van der Waals surface area (Å²) < 4.78 is 5.97. The zero-order valence-electron chi connectivity index (χ0n) is 18.7. The molecule has 5 nitrogen and oxygen atoms in total. The number of amides is 1. The molecule has 1 aromatic carbocycles. The normalized spacial score (nSPS) is 23.9. The van der Waals surface area contributed by atoms with Crippen molar-refractivity contribution in [1.29, 1.82) is 0 Å². The fraction of sp³-hybridized carbons (Fsp3) is 0.667. The second-order valence-corrected chi connectivity index (χ2v) is 9.16. The van der Waals surface area contributed by atoms with Crippen molar-refractivity contribution < 1.29 is 14.6 Å². The minimum absolute atomic E-state index is 0.0490. The van der Waals surface area contributed by atoms with E-state index in [-0.39, 0.29) is 17.9 Å². The number of carbonyl (C=O) groups is 1. The van der Waals surface area contributed by atoms with Crippen LogP contribution in [0.4, 0.5) is 0 Å². The molecule has 1 aliphatic rings. The summed E-state index contributed by atoms with van der Waals surface area (Å²) in [4.78, 5) is 12.6. The zero-order valence-corrected chi connectivity index (χ0v) is 19.5. The lowest BCUT2D eigenvalue weighted by molar-refractivity contribution is -0.113. The van der Waals surface area contributed by atoms with Gasteiger partial charge in [-0.15, -0.1) is 0 Å². The molecule has 1 amide bonds. The highest BCUT2D eigenvalue weighted by atomic mass is 32.1. The van der Waals surface area contributed by atoms with E-state index in [4.69, 9.17) is 17.0 Å². The Balaban J connectivity index is 2.30. The minimum Gasteiger partial charge on any atom is -0.396 e. The maximum Gasteiger partial charge on any atom is 0.257 e. The molecule has 30 heavy (non-hydrogen) atoms. The smallest absolute Gasteiger partial charge is 0.257 e. The third-order valence-electron chi connectivity index (χ3n) is 6.66. The first kappa shape index (κ1) is 24.8. The van der Waals surface area contributed by atoms with Gasteiger partial charge in [-0.3, -0.25) is 10.1 Å². The van der Waals surface area contributed by atoms with Crippen LogP contribution in [0.15, 0.2) is 30.3 Å². The summed E-state index contributed by atoms with van der Waals surface area (Å²) in [5.41, 5.74) is -0.348. The van der Waals surface area contributed by atoms with Crippen LogP contribution in [0.5, 0.6) is 0 Å². The summed E-state index contributed by atoms with van der Waals surface area (Å²) in [6.07, 6.45) is 7.29. The average Bonchev–Trinajstić information content (AvgIpc) is 2.76. The molecule has 2 rings (SSSR count). The average molecular weight is 435 g/mol. The van der Waals surface area contributed by atoms with Crippen molar-refractivity contribution in [2.75, 3.05) is 19.8 Å². The Morgan fingerprint density at radius 1 is 1.20 bits per heavy atom. The minimum atomic E-state index is -0.522. The molecule has 168 valence electrons. The molecule has 1 aliphatic heterocycles. The third kappa shape index (κ3) is 5.80. The quantitative estimate of drug-likeness (QED) is 0.475. The van der Waals surface area contributed by atoms with Crippen LogP contribution in [0.1, 0.15) is 76.1 Å². The van der Waals surface area contributed by atoms with Gasteiger partial charge in [-0.05, 0) is 49.5 Å². The Hall–Kier alpha value is -1.50. The number of nitrogens with one attached hydrogen (secondary N) is 2. The molecule has 3 N–H and O–H groups in total. The van der Waals surface area contributed by atoms with Crippen molar-refractivity contribution in [3.8, 4) is 0 Å². The first-order chi connectivity index (χ1) is 14.4. The number of benzene rings is 1. The number of unbranched alkanes of at least 4 members (excludes halogenated alkanes) is 2. The van der Waals surface area contributed by atoms with Gasteiger partial charge >= 0.3 is 0 Å². The van der Waals surface area contributed by atoms with Crippen molar-refractivity contribution >= 4 is 23.2 Å². The van der Waals surface area contributed by atoms with Crippen molar-refractivity contribution in [2.24, 2.45) is 11.3 Å². The van der Waals surface area contributed by atoms with Gasteiger partial charge in [-0.1, -0.05) is 64.7 Å². The van der Waals surface area contributed by atoms with Gasteiger partial charge in [0.05, 0.1) is 18.8 Å². The van der Waals surface area contributed by atoms with Crippen LogP contribution in [0.3, 0.4) is 0 Å². The van der Waals surface area contributed by atoms with Gasteiger partial charge in [0.1, 0.15) is 0 Å². The van der Waals surface area contributed by atoms with Gasteiger partial charge in [-0.25, -0.2) is 0 Å². The lowest BCUT2D eigenvalue weighted by Gasteiger charge is -2.55. The molecule has 6 heteroatoms. The molecule has 0 bridgehead atoms. The standard InChI is InChI=1S/C24H38N2O3S/c1-4-6-13-20(14-7-5-2)24(18-29-16-15-23(24,3)17-27)26-22(30)25-21(28)19-11-9-8-10-12-19/h8-12,20,27H,4-7,13-18H2,1-3H3,(H2,25,26,28,30)/t23-,24+/m0/s1. The molecule has 0 aromatic heterocycles. The number of thiocarbonyl (C=S) groups is 1. The van der Waals surface area contributed by atoms with Crippen LogP contribution in [-0.2, 0) is 4.74 Å². The van der Waals surface area contributed by atoms with Crippen molar-refractivity contribution in [2.45, 2.75) is 71.3 Å². The SMILES string of the molecule is CCCCC(CCCC)[C@]1(NC(=S)NC(=O)c2ccccc2)COCC[C@@]1(C)CO. The fourth-order valence-corrected chi connectivity index (χ4v) is 4.86. The highest BCUT2D eigenvalue weighted by Gasteiger charge is 2.54. The van der Waals surface area contributed by atoms with Gasteiger partial charge in [0.25, 0.3) is 5.91 Å². The highest BCUT2D eigenvalue weighted by Crippen LogP contribution is 2.46. The number of ether oxygens (including phenoxy) is 1. The first-order valence-electron chi connectivity index (χ1n) is 11.3. The lowest BCUT2D eigenvalue weighted by atomic mass is 9.60. The third-order valence-corrected chi connectivity index (χ3v) is 6.87. The van der Waals surface area contributed by atoms with Crippen molar-refractivity contribution in [3.05, 3.63) is 35.9 Å². The molecule has 0 radical (unpaired) electrons. The van der Waals surface area contributed by atoms with Crippen LogP contribution < -0.4 is 10.6 Å². The topological polar surface area (TPSA) is 70.6 Å². The Kier molecular flexibility index (Phi) is 9.72. The second-order valence-electron chi connectivity index (χ2n) is 8.75. The van der Waals surface area contributed by atoms with E-state index >= 15 is 0 Å². The van der Waals surface area contributed by atoms with Gasteiger partial charge in [-0.2, -0.15) is 0 Å². The maximum atomic E-state index is 12.6. The number of aliphatic hydroxyl groups excluding tert-OH is 1. The molecule has 0 unspecified atom stereocenters. The molecular formula is C24H38N2O3S. The van der Waals surface area contributed by atoms with Crippen LogP contribution >= 0.6 is 12.2 Å². The highest BCUT2D eigenvalue weighted by molar-refractivity contribution is 7.80. The van der Waals surface area contributed by atoms with Gasteiger partial charge in [0.2, 0.25) is 0 Å². The summed E-state index contributed by atoms with van der Waals surface area (Å²) in [6.45, 7) is 7.67. The Morgan fingerprint density at radius 2 is 1.83 bits per heavy atom. The second kappa shape index (κ2) is 11.8. The van der Waals surface area contributed by atoms with E-state index in [1.54, 1.807) is 12.1 Å². The number of rotatable bonds is 10. The van der Waals surface area contributed by atoms with E-state index in [9.17, 15) is 9.90 Å². The molecule has 0 saturated carbocycles. The van der Waals surface area contributed by atoms with E-state index in [0.717, 1.165) is 44.9 Å². The summed E-state index contributed by atoms with van der Waals surface area (Å²) in [7, 11) is 0.